The average molecular weight is 1440 g/mol. The van der Waals surface area contributed by atoms with Crippen molar-refractivity contribution in [2.45, 2.75) is 271 Å². The molecule has 0 fully saturated rings. The van der Waals surface area contributed by atoms with Crippen LogP contribution in [0.2, 0.25) is 0 Å². The number of hydrogen-bond acceptors (Lipinski definition) is 13. The van der Waals surface area contributed by atoms with Gasteiger partial charge in [0.25, 0.3) is 0 Å². The van der Waals surface area contributed by atoms with Gasteiger partial charge in [0.1, 0.15) is 11.5 Å². The number of aromatic hydroxyl groups is 10. The molecule has 0 spiro atoms. The molecule has 6 aromatic rings. The van der Waals surface area contributed by atoms with E-state index >= 15 is 0 Å². The molecule has 0 radical (unpaired) electrons. The maximum absolute atomic E-state index is 13.0. The number of hydrogen-bond donors (Lipinski definition) is 10. The second kappa shape index (κ2) is 46.4. The lowest BCUT2D eigenvalue weighted by Crippen LogP contribution is -2.28. The quantitative estimate of drug-likeness (QED) is 0.0212. The third-order valence-corrected chi connectivity index (χ3v) is 17.2. The highest BCUT2D eigenvalue weighted by Crippen LogP contribution is 2.41. The summed E-state index contributed by atoms with van der Waals surface area (Å²) in [6, 6.07) is 26.2. The summed E-state index contributed by atoms with van der Waals surface area (Å²) in [4.78, 5) is 11.7. The van der Waals surface area contributed by atoms with Gasteiger partial charge in [-0.1, -0.05) is 209 Å². The van der Waals surface area contributed by atoms with E-state index in [1.165, 1.54) is 59.7 Å². The minimum absolute atomic E-state index is 0. The molecule has 0 aliphatic rings. The molecule has 546 valence electrons. The van der Waals surface area contributed by atoms with E-state index in [0.29, 0.717) is 17.9 Å². The van der Waals surface area contributed by atoms with Crippen molar-refractivity contribution in [3.63, 3.8) is 0 Å². The van der Waals surface area contributed by atoms with Crippen LogP contribution in [-0.2, 0) is 31.9 Å². The lowest BCUT2D eigenvalue weighted by molar-refractivity contribution is -0.144. The van der Waals surface area contributed by atoms with E-state index in [-0.39, 0.29) is 159 Å². The Hall–Kier alpha value is -6.75. The summed E-state index contributed by atoms with van der Waals surface area (Å²) in [6.07, 6.45) is 5.65. The van der Waals surface area contributed by atoms with Gasteiger partial charge in [-0.05, 0) is 209 Å². The molecule has 0 unspecified atom stereocenters. The lowest BCUT2D eigenvalue weighted by Gasteiger charge is -2.24. The Morgan fingerprint density at radius 2 is 0.702 bits per heavy atom. The predicted molar refractivity (Wildman–Crippen MR) is 413 cm³/mol. The molecule has 94 heavy (non-hydrogen) atoms. The Bertz CT molecular complexity index is 2900. The summed E-state index contributed by atoms with van der Waals surface area (Å²) in [5.41, 5.74) is 5.88. The summed E-state index contributed by atoms with van der Waals surface area (Å²) in [5, 5.41) is 92.7. The largest absolute Gasteiger partial charge is 0.508 e. The van der Waals surface area contributed by atoms with Crippen LogP contribution in [0.5, 0.6) is 69.0 Å². The van der Waals surface area contributed by atoms with Gasteiger partial charge in [0.2, 0.25) is 0 Å². The third-order valence-electron chi connectivity index (χ3n) is 16.4. The molecule has 0 saturated carbocycles. The van der Waals surface area contributed by atoms with Crippen LogP contribution in [0.4, 0.5) is 4.39 Å². The van der Waals surface area contributed by atoms with Crippen LogP contribution in [-0.4, -0.2) is 64.1 Å². The number of methoxy groups -OCH3 is 1. The lowest BCUT2D eigenvalue weighted by atomic mass is 9.82. The van der Waals surface area contributed by atoms with Crippen molar-refractivity contribution >= 4 is 28.6 Å². The fraction of sp³-hybridized carbons (Fsp3) is 0.532. The van der Waals surface area contributed by atoms with Crippen LogP contribution >= 0.6 is 22.6 Å². The van der Waals surface area contributed by atoms with Gasteiger partial charge >= 0.3 is 5.97 Å². The molecule has 6 rings (SSSR count). The van der Waals surface area contributed by atoms with Gasteiger partial charge in [-0.15, -0.1) is 0 Å². The van der Waals surface area contributed by atoms with E-state index in [1.54, 1.807) is 39.2 Å². The molecule has 13 nitrogen and oxygen atoms in total. The topological polar surface area (TPSA) is 238 Å². The first-order valence-corrected chi connectivity index (χ1v) is 29.5. The summed E-state index contributed by atoms with van der Waals surface area (Å²) in [7, 11) is 1.58. The fourth-order valence-corrected chi connectivity index (χ4v) is 7.64. The zero-order valence-corrected chi connectivity index (χ0v) is 55.6. The molecule has 0 aliphatic carbocycles. The molecule has 15 heteroatoms. The first-order valence-electron chi connectivity index (χ1n) is 28.5. The van der Waals surface area contributed by atoms with Gasteiger partial charge in [0.05, 0.1) is 16.1 Å². The molecule has 10 N–H and O–H groups in total. The van der Waals surface area contributed by atoms with Crippen molar-refractivity contribution in [1.82, 2.24) is 0 Å². The summed E-state index contributed by atoms with van der Waals surface area (Å²) in [5.74, 6) is -1.45. The predicted octanol–water partition coefficient (Wildman–Crippen LogP) is 24.4. The highest BCUT2D eigenvalue weighted by atomic mass is 127. The smallest absolute Gasteiger partial charge is 0.316 e. The normalized spacial score (nSPS) is 10.3. The minimum Gasteiger partial charge on any atom is -0.508 e. The van der Waals surface area contributed by atoms with Crippen molar-refractivity contribution in [3.05, 3.63) is 140 Å². The second-order valence-corrected chi connectivity index (χ2v) is 25.9. The van der Waals surface area contributed by atoms with E-state index in [1.807, 2.05) is 58.9 Å². The Kier molecular flexibility index (Phi) is 53.7. The third kappa shape index (κ3) is 32.1. The number of carbonyl (C=O) groups excluding carboxylic acids is 1. The number of carbonyl (C=O) groups is 1. The van der Waals surface area contributed by atoms with Gasteiger partial charge in [-0.2, -0.15) is 0 Å². The summed E-state index contributed by atoms with van der Waals surface area (Å²) < 4.78 is 24.1. The van der Waals surface area contributed by atoms with Crippen molar-refractivity contribution in [2.24, 2.45) is 5.41 Å². The van der Waals surface area contributed by atoms with Gasteiger partial charge in [-0.25, -0.2) is 4.39 Å². The molecule has 0 aliphatic heterocycles. The van der Waals surface area contributed by atoms with Crippen LogP contribution in [0.25, 0.3) is 0 Å². The Morgan fingerprint density at radius 3 is 1.04 bits per heavy atom. The highest BCUT2D eigenvalue weighted by Gasteiger charge is 2.28. The van der Waals surface area contributed by atoms with E-state index in [0.717, 1.165) is 57.9 Å². The molecular weight excluding hydrogens is 1300 g/mol. The maximum Gasteiger partial charge on any atom is 0.316 e. The highest BCUT2D eigenvalue weighted by molar-refractivity contribution is 14.1. The molecule has 6 aromatic carbocycles. The molecule has 0 aromatic heterocycles. The van der Waals surface area contributed by atoms with Crippen LogP contribution in [0, 0.1) is 21.7 Å². The van der Waals surface area contributed by atoms with E-state index in [9.17, 15) is 39.8 Å². The first kappa shape index (κ1) is 109. The molecular formula is C79H138FIO13. The second-order valence-electron chi connectivity index (χ2n) is 24.7. The average Bonchev–Trinajstić information content (AvgIpc) is 0.860. The number of phenolic OH excluding ortho intramolecular Hbond substituents is 10. The Balaban J connectivity index is -0.000000110. The van der Waals surface area contributed by atoms with Gasteiger partial charge in [0, 0.05) is 6.07 Å². The first-order chi connectivity index (χ1) is 38.6. The van der Waals surface area contributed by atoms with Gasteiger partial charge in [-0.3, -0.25) is 4.79 Å². The number of aryl methyl sites for hydroxylation is 1. The summed E-state index contributed by atoms with van der Waals surface area (Å²) in [6.45, 7) is 39.1. The Morgan fingerprint density at radius 1 is 0.383 bits per heavy atom. The standard InChI is InChI=1S/C12H17IO2.C12H16O4.C12H18O.C11H15FO.C11H16O3.C11H16O2.10CH4/c1-5-12(2,3)8-6-9(13)11(14)10(7-8)15-4;1-4-12(2,3)11(15)16-8-5-6-9(13)10(14)7-8;1-5-12(3,4)10-6-7-11(13)9(2)8-10;1-4-11(2,3)8-5-6-10(13)9(12)7-8;1-4-11(2,3)7-5-8(12)10(14)9(13)6-7;1-4-11(2,3)8-5-6-9(12)10(13)7-8;;;;;;;;;;/h6-7,14H,5H2,1-4H3;5-7,13-14H,4H2,1-3H3;6-8,13H,5H2,1-4H3;5-7,13H,4H2,1-3H3;5-6,12-14H,4H2,1-3H3;5-7,12-13H,4H2,1-3H3;10*1H4. The minimum atomic E-state index is -0.562. The molecule has 0 bridgehead atoms. The summed E-state index contributed by atoms with van der Waals surface area (Å²) >= 11 is 2.13. The van der Waals surface area contributed by atoms with Crippen LogP contribution < -0.4 is 9.47 Å². The number of rotatable bonds is 14. The number of halogens is 2. The van der Waals surface area contributed by atoms with Crippen molar-refractivity contribution < 1.29 is 69.7 Å². The van der Waals surface area contributed by atoms with E-state index in [2.05, 4.69) is 112 Å². The van der Waals surface area contributed by atoms with Crippen LogP contribution in [0.1, 0.15) is 271 Å². The zero-order chi connectivity index (χ0) is 65.1. The molecule has 0 saturated heterocycles. The van der Waals surface area contributed by atoms with E-state index < -0.39 is 17.0 Å². The number of benzene rings is 6. The number of ether oxygens (including phenoxy) is 2. The SMILES string of the molecule is C.C.C.C.C.C.C.C.C.C.CCC(C)(C)C(=O)Oc1ccc(O)c(O)c1.CCC(C)(C)c1cc(I)c(O)c(OC)c1.CCC(C)(C)c1cc(O)c(O)c(O)c1.CCC(C)(C)c1ccc(O)c(C)c1.CCC(C)(C)c1ccc(O)c(F)c1.CCC(C)(C)c1ccc(O)c(O)c1. The van der Waals surface area contributed by atoms with Crippen LogP contribution in [0.15, 0.2) is 97.1 Å². The van der Waals surface area contributed by atoms with Gasteiger partial charge in [0.15, 0.2) is 63.3 Å². The van der Waals surface area contributed by atoms with E-state index in [4.69, 9.17) is 29.9 Å². The number of phenols is 10. The molecule has 0 amide bonds. The fourth-order valence-electron chi connectivity index (χ4n) is 7.04. The van der Waals surface area contributed by atoms with Crippen molar-refractivity contribution in [2.75, 3.05) is 7.11 Å². The number of esters is 1. The zero-order valence-electron chi connectivity index (χ0n) is 53.4. The molecule has 0 heterocycles. The molecule has 0 atom stereocenters. The Labute approximate surface area is 587 Å². The van der Waals surface area contributed by atoms with Crippen molar-refractivity contribution in [1.29, 1.82) is 0 Å². The van der Waals surface area contributed by atoms with Gasteiger partial charge < -0.3 is 60.5 Å². The monoisotopic (exact) mass is 1440 g/mol. The van der Waals surface area contributed by atoms with Crippen LogP contribution in [0.3, 0.4) is 0 Å². The maximum atomic E-state index is 13.0. The van der Waals surface area contributed by atoms with Crippen molar-refractivity contribution in [3.8, 4) is 69.0 Å².